The van der Waals surface area contributed by atoms with Gasteiger partial charge in [0, 0.05) is 37.7 Å². The summed E-state index contributed by atoms with van der Waals surface area (Å²) in [5.74, 6) is 0. The zero-order valence-corrected chi connectivity index (χ0v) is 75.7. The first-order valence-electron chi connectivity index (χ1n) is 47.8. The molecule has 0 atom stereocenters. The summed E-state index contributed by atoms with van der Waals surface area (Å²) in [6.45, 7) is 0. The molecule has 139 heavy (non-hydrogen) atoms. The topological polar surface area (TPSA) is 39.4 Å². The van der Waals surface area contributed by atoms with Crippen molar-refractivity contribution in [2.75, 3.05) is 0 Å². The van der Waals surface area contributed by atoms with Crippen molar-refractivity contribution in [2.45, 2.75) is 0 Å². The summed E-state index contributed by atoms with van der Waals surface area (Å²) in [6.07, 6.45) is 0. The molecule has 0 aliphatic heterocycles. The lowest BCUT2D eigenvalue weighted by Gasteiger charge is -2.19. The van der Waals surface area contributed by atoms with Gasteiger partial charge in [0.1, 0.15) is 33.5 Å². The van der Waals surface area contributed by atoms with E-state index < -0.39 is 0 Å². The fourth-order valence-electron chi connectivity index (χ4n) is 22.3. The minimum Gasteiger partial charge on any atom is -0.456 e. The van der Waals surface area contributed by atoms with Crippen LogP contribution >= 0.6 is 0 Å². The highest BCUT2D eigenvalue weighted by Crippen LogP contribution is 2.51. The van der Waals surface area contributed by atoms with Crippen molar-refractivity contribution >= 4 is 174 Å². The maximum atomic E-state index is 6.41. The van der Waals surface area contributed by atoms with Gasteiger partial charge in [0.15, 0.2) is 0 Å². The van der Waals surface area contributed by atoms with Gasteiger partial charge in [-0.05, 0) is 299 Å². The number of rotatable bonds is 10. The molecule has 3 aromatic heterocycles. The molecule has 0 saturated heterocycles. The molecule has 0 radical (unpaired) electrons. The standard InChI is InChI=1S/C52H32O.C48H30O.C36H22O/c1-2-14-36-32-50-48(30-35(36)13-1)47-31-37(26-27-49(47)53-50)34-16-9-18-39(28-34)51-43-21-5-7-23-45(43)52(46-24-8-6-22-44(46)51)40-19-10-17-38(29-40)42-25-11-15-33-12-3-4-20-41(33)42;1-2-11-31(12-3-1)32-21-23-33(24-22-32)47-39-17-6-8-19-41(39)48(42-20-9-7-18-40(42)47)38-16-10-15-34(27-38)37-25-26-45-43(29-37)44-28-35-13-4-5-14-36(35)30-46(44)49-45;1-2-11-24(12-3-1)34-27-14-6-8-16-29(27)35(30-17-9-7-15-28(30)34)25-19-21-33-32(22-25)31-20-18-23-10-4-5-13-26(23)36(31)37-33/h1-32H;1-30H;1-22H. The molecule has 0 amide bonds. The molecule has 3 nitrogen and oxygen atoms in total. The monoisotopic (exact) mass is 1760 g/mol. The van der Waals surface area contributed by atoms with E-state index in [1.165, 1.54) is 214 Å². The van der Waals surface area contributed by atoms with Gasteiger partial charge >= 0.3 is 0 Å². The molecular formula is C136H84O3. The first-order valence-corrected chi connectivity index (χ1v) is 47.8. The number of fused-ring (bicyclic) bond motifs is 20. The van der Waals surface area contributed by atoms with E-state index in [0.717, 1.165) is 71.2 Å². The van der Waals surface area contributed by atoms with Gasteiger partial charge in [0.25, 0.3) is 0 Å². The van der Waals surface area contributed by atoms with Crippen molar-refractivity contribution in [1.29, 1.82) is 0 Å². The molecule has 0 saturated carbocycles. The third-order valence-corrected chi connectivity index (χ3v) is 28.7. The Kier molecular flexibility index (Phi) is 19.3. The van der Waals surface area contributed by atoms with Gasteiger partial charge in [0.2, 0.25) is 0 Å². The van der Waals surface area contributed by atoms with Gasteiger partial charge in [-0.3, -0.25) is 0 Å². The Bertz CT molecular complexity index is 9850. The van der Waals surface area contributed by atoms with Crippen molar-refractivity contribution in [3.8, 4) is 111 Å². The molecule has 26 aromatic carbocycles. The van der Waals surface area contributed by atoms with Gasteiger partial charge in [-0.25, -0.2) is 0 Å². The van der Waals surface area contributed by atoms with Crippen molar-refractivity contribution in [2.24, 2.45) is 0 Å². The molecule has 3 heteroatoms. The van der Waals surface area contributed by atoms with E-state index in [-0.39, 0.29) is 0 Å². The molecule has 29 rings (SSSR count). The summed E-state index contributed by atoms with van der Waals surface area (Å²) < 4.78 is 19.1. The van der Waals surface area contributed by atoms with Crippen molar-refractivity contribution < 1.29 is 13.3 Å². The van der Waals surface area contributed by atoms with E-state index in [9.17, 15) is 0 Å². The smallest absolute Gasteiger partial charge is 0.143 e. The van der Waals surface area contributed by atoms with Crippen LogP contribution in [0.15, 0.2) is 523 Å². The largest absolute Gasteiger partial charge is 0.456 e. The maximum Gasteiger partial charge on any atom is 0.143 e. The van der Waals surface area contributed by atoms with Crippen molar-refractivity contribution in [1.82, 2.24) is 0 Å². The minimum atomic E-state index is 0.910. The van der Waals surface area contributed by atoms with Crippen LogP contribution < -0.4 is 0 Å². The number of benzene rings is 26. The van der Waals surface area contributed by atoms with Crippen molar-refractivity contribution in [3.63, 3.8) is 0 Å². The number of hydrogen-bond acceptors (Lipinski definition) is 3. The van der Waals surface area contributed by atoms with Crippen molar-refractivity contribution in [3.05, 3.63) is 510 Å². The predicted octanol–water partition coefficient (Wildman–Crippen LogP) is 39.0. The SMILES string of the molecule is c1cc(-c2ccc3oc4cc5ccccc5cc4c3c2)cc(-c2c3ccccc3c(-c3cccc(-c4cccc5ccccc45)c3)c3ccccc23)c1.c1ccc(-c2c3ccccc3c(-c3ccc4oc5c6ccccc6ccc5c4c3)c3ccccc23)cc1.c1ccc(-c2ccc(-c3c4ccccc4c(-c4cccc(-c5ccc6oc7cc8ccccc8cc7c6c5)c4)c4ccccc34)cc2)cc1. The quantitative estimate of drug-likeness (QED) is 0.128. The average molecular weight is 1770 g/mol. The Hall–Kier alpha value is -18.3. The van der Waals surface area contributed by atoms with E-state index in [0.29, 0.717) is 0 Å². The van der Waals surface area contributed by atoms with Crippen LogP contribution in [0.5, 0.6) is 0 Å². The van der Waals surface area contributed by atoms with Gasteiger partial charge in [-0.1, -0.05) is 425 Å². The molecule has 0 N–H and O–H groups in total. The fraction of sp³-hybridized carbons (Fsp3) is 0. The highest BCUT2D eigenvalue weighted by atomic mass is 16.3. The lowest BCUT2D eigenvalue weighted by Crippen LogP contribution is -1.91. The molecule has 3 heterocycles. The van der Waals surface area contributed by atoms with Crippen LogP contribution in [0.25, 0.3) is 285 Å². The summed E-state index contributed by atoms with van der Waals surface area (Å²) in [5, 5.41) is 31.7. The predicted molar refractivity (Wildman–Crippen MR) is 591 cm³/mol. The first kappa shape index (κ1) is 80.4. The van der Waals surface area contributed by atoms with Gasteiger partial charge < -0.3 is 13.3 Å². The van der Waals surface area contributed by atoms with E-state index in [2.05, 4.69) is 510 Å². The Labute approximate surface area is 801 Å². The zero-order valence-electron chi connectivity index (χ0n) is 75.7. The molecule has 0 aliphatic rings. The lowest BCUT2D eigenvalue weighted by atomic mass is 9.85. The number of hydrogen-bond donors (Lipinski definition) is 0. The number of furan rings is 3. The second-order valence-electron chi connectivity index (χ2n) is 36.6. The molecule has 0 fully saturated rings. The molecular weight excluding hydrogens is 1680 g/mol. The third-order valence-electron chi connectivity index (χ3n) is 28.7. The van der Waals surface area contributed by atoms with E-state index in [4.69, 9.17) is 13.3 Å². The molecule has 0 spiro atoms. The van der Waals surface area contributed by atoms with Crippen LogP contribution in [0.4, 0.5) is 0 Å². The van der Waals surface area contributed by atoms with Crippen LogP contribution in [0, 0.1) is 0 Å². The minimum absolute atomic E-state index is 0.910. The molecule has 0 bridgehead atoms. The summed E-state index contributed by atoms with van der Waals surface area (Å²) in [4.78, 5) is 0. The summed E-state index contributed by atoms with van der Waals surface area (Å²) in [6, 6.07) is 184. The lowest BCUT2D eigenvalue weighted by molar-refractivity contribution is 0.669. The Morgan fingerprint density at radius 3 is 0.777 bits per heavy atom. The highest BCUT2D eigenvalue weighted by molar-refractivity contribution is 6.27. The molecule has 0 unspecified atom stereocenters. The summed E-state index contributed by atoms with van der Waals surface area (Å²) in [5.41, 5.74) is 30.1. The van der Waals surface area contributed by atoms with E-state index in [1.54, 1.807) is 0 Å². The Balaban J connectivity index is 0.000000107. The Morgan fingerprint density at radius 1 is 0.101 bits per heavy atom. The van der Waals surface area contributed by atoms with E-state index in [1.807, 2.05) is 0 Å². The average Bonchev–Trinajstić information content (AvgIpc) is 1.70. The second-order valence-corrected chi connectivity index (χ2v) is 36.6. The van der Waals surface area contributed by atoms with Crippen LogP contribution in [0.1, 0.15) is 0 Å². The maximum absolute atomic E-state index is 6.41. The molecule has 29 aromatic rings. The first-order chi connectivity index (χ1) is 68.9. The fourth-order valence-corrected chi connectivity index (χ4v) is 22.3. The normalized spacial score (nSPS) is 11.7. The third kappa shape index (κ3) is 13.9. The molecule has 0 aliphatic carbocycles. The van der Waals surface area contributed by atoms with Crippen LogP contribution in [-0.4, -0.2) is 0 Å². The zero-order chi connectivity index (χ0) is 91.5. The second kappa shape index (κ2) is 33.4. The highest BCUT2D eigenvalue weighted by Gasteiger charge is 2.25. The molecule has 646 valence electrons. The summed E-state index contributed by atoms with van der Waals surface area (Å²) >= 11 is 0. The van der Waals surface area contributed by atoms with Gasteiger partial charge in [-0.15, -0.1) is 0 Å². The van der Waals surface area contributed by atoms with Crippen LogP contribution in [0.2, 0.25) is 0 Å². The Morgan fingerprint density at radius 2 is 0.345 bits per heavy atom. The van der Waals surface area contributed by atoms with E-state index >= 15 is 0 Å². The van der Waals surface area contributed by atoms with Gasteiger partial charge in [-0.2, -0.15) is 0 Å². The van der Waals surface area contributed by atoms with Crippen LogP contribution in [-0.2, 0) is 0 Å². The van der Waals surface area contributed by atoms with Crippen LogP contribution in [0.3, 0.4) is 0 Å². The van der Waals surface area contributed by atoms with Gasteiger partial charge in [0.05, 0.1) is 0 Å². The summed E-state index contributed by atoms with van der Waals surface area (Å²) in [7, 11) is 0.